The second-order valence-electron chi connectivity index (χ2n) is 4.66. The van der Waals surface area contributed by atoms with Gasteiger partial charge in [-0.1, -0.05) is 48.5 Å². The van der Waals surface area contributed by atoms with Crippen molar-refractivity contribution >= 4 is 5.91 Å². The highest BCUT2D eigenvalue weighted by Gasteiger charge is 2.21. The highest BCUT2D eigenvalue weighted by Crippen LogP contribution is 2.28. The van der Waals surface area contributed by atoms with Gasteiger partial charge in [0.05, 0.1) is 0 Å². The zero-order chi connectivity index (χ0) is 16.2. The van der Waals surface area contributed by atoms with E-state index in [0.717, 1.165) is 0 Å². The first-order valence-electron chi connectivity index (χ1n) is 6.81. The summed E-state index contributed by atoms with van der Waals surface area (Å²) >= 11 is 0. The second-order valence-corrected chi connectivity index (χ2v) is 4.66. The first-order valence-corrected chi connectivity index (χ1v) is 6.81. The summed E-state index contributed by atoms with van der Waals surface area (Å²) in [5.74, 6) is -1.81. The average molecular weight is 309 g/mol. The highest BCUT2D eigenvalue weighted by atomic mass is 19.1. The van der Waals surface area contributed by atoms with Crippen LogP contribution in [0.5, 0.6) is 11.5 Å². The summed E-state index contributed by atoms with van der Waals surface area (Å²) in [5, 5.41) is 0. The zero-order valence-corrected chi connectivity index (χ0v) is 11.9. The number of carbonyl (C=O) groups is 1. The molecule has 1 amide bonds. The van der Waals surface area contributed by atoms with Crippen molar-refractivity contribution in [3.05, 3.63) is 72.3 Å². The van der Waals surface area contributed by atoms with Crippen LogP contribution in [0.4, 0.5) is 4.39 Å². The number of hydrogen-bond donors (Lipinski definition) is 1. The third kappa shape index (κ3) is 3.16. The third-order valence-corrected chi connectivity index (χ3v) is 3.05. The molecule has 1 aromatic heterocycles. The fraction of sp³-hybridized carbons (Fsp3) is 0. The lowest BCUT2D eigenvalue weighted by Crippen LogP contribution is -2.17. The molecule has 0 saturated heterocycles. The topological polar surface area (TPSA) is 78.1 Å². The Morgan fingerprint density at radius 2 is 1.57 bits per heavy atom. The lowest BCUT2D eigenvalue weighted by Gasteiger charge is -2.10. The van der Waals surface area contributed by atoms with Gasteiger partial charge in [-0.3, -0.25) is 4.79 Å². The number of halogens is 1. The Bertz CT molecular complexity index is 839. The van der Waals surface area contributed by atoms with E-state index in [1.54, 1.807) is 54.6 Å². The van der Waals surface area contributed by atoms with Crippen molar-refractivity contribution in [3.63, 3.8) is 0 Å². The van der Waals surface area contributed by atoms with Crippen LogP contribution >= 0.6 is 0 Å². The van der Waals surface area contributed by atoms with Crippen LogP contribution in [0.25, 0.3) is 11.4 Å². The van der Waals surface area contributed by atoms with Crippen LogP contribution in [-0.4, -0.2) is 15.9 Å². The standard InChI is InChI=1S/C17H12FN3O2/c18-15-14(23-12-9-5-2-6-10-12)13(16(19)22)20-17(21-15)11-7-3-1-4-8-11/h1-10H,(H2,19,22). The minimum atomic E-state index is -0.948. The van der Waals surface area contributed by atoms with Crippen LogP contribution in [0.3, 0.4) is 0 Å². The molecule has 3 rings (SSSR count). The maximum Gasteiger partial charge on any atom is 0.271 e. The number of ether oxygens (including phenoxy) is 1. The first kappa shape index (κ1) is 14.6. The molecule has 5 nitrogen and oxygen atoms in total. The number of carbonyl (C=O) groups excluding carboxylic acids is 1. The van der Waals surface area contributed by atoms with Crippen molar-refractivity contribution in [1.29, 1.82) is 0 Å². The average Bonchev–Trinajstić information content (AvgIpc) is 2.58. The minimum absolute atomic E-state index is 0.0670. The van der Waals surface area contributed by atoms with Crippen molar-refractivity contribution in [1.82, 2.24) is 9.97 Å². The summed E-state index contributed by atoms with van der Waals surface area (Å²) in [7, 11) is 0. The Labute approximate surface area is 131 Å². The number of hydrogen-bond acceptors (Lipinski definition) is 4. The molecule has 0 saturated carbocycles. The second kappa shape index (κ2) is 6.23. The number of benzene rings is 2. The summed E-state index contributed by atoms with van der Waals surface area (Å²) in [6.45, 7) is 0. The Balaban J connectivity index is 2.08. The van der Waals surface area contributed by atoms with Crippen molar-refractivity contribution < 1.29 is 13.9 Å². The van der Waals surface area contributed by atoms with Gasteiger partial charge in [0.25, 0.3) is 11.9 Å². The number of primary amides is 1. The van der Waals surface area contributed by atoms with Gasteiger partial charge >= 0.3 is 0 Å². The van der Waals surface area contributed by atoms with Crippen LogP contribution in [0.2, 0.25) is 0 Å². The molecular weight excluding hydrogens is 297 g/mol. The molecule has 6 heteroatoms. The number of aromatic nitrogens is 2. The van der Waals surface area contributed by atoms with Crippen molar-refractivity contribution in [2.75, 3.05) is 0 Å². The molecule has 0 unspecified atom stereocenters. The molecule has 0 fully saturated rings. The van der Waals surface area contributed by atoms with Crippen molar-refractivity contribution in [2.24, 2.45) is 5.73 Å². The number of amides is 1. The molecule has 0 aliphatic rings. The molecule has 0 atom stereocenters. The van der Waals surface area contributed by atoms with E-state index in [-0.39, 0.29) is 17.3 Å². The molecular formula is C17H12FN3O2. The van der Waals surface area contributed by atoms with Gasteiger partial charge in [0.1, 0.15) is 5.75 Å². The summed E-state index contributed by atoms with van der Waals surface area (Å²) < 4.78 is 19.7. The molecule has 114 valence electrons. The molecule has 0 radical (unpaired) electrons. The number of nitrogens with zero attached hydrogens (tertiary/aromatic N) is 2. The quantitative estimate of drug-likeness (QED) is 0.751. The molecule has 0 bridgehead atoms. The largest absolute Gasteiger partial charge is 0.450 e. The summed E-state index contributed by atoms with van der Waals surface area (Å²) in [5.41, 5.74) is 5.57. The Hall–Kier alpha value is -3.28. The Kier molecular flexibility index (Phi) is 3.97. The van der Waals surface area contributed by atoms with E-state index in [9.17, 15) is 9.18 Å². The van der Waals surface area contributed by atoms with E-state index >= 15 is 0 Å². The van der Waals surface area contributed by atoms with E-state index in [1.807, 2.05) is 6.07 Å². The van der Waals surface area contributed by atoms with Crippen molar-refractivity contribution in [3.8, 4) is 22.9 Å². The molecule has 2 N–H and O–H groups in total. The molecule has 23 heavy (non-hydrogen) atoms. The summed E-state index contributed by atoms with van der Waals surface area (Å²) in [6, 6.07) is 17.2. The number of rotatable bonds is 4. The van der Waals surface area contributed by atoms with Gasteiger partial charge in [0.15, 0.2) is 11.5 Å². The SMILES string of the molecule is NC(=O)c1nc(-c2ccccc2)nc(F)c1Oc1ccccc1. The van der Waals surface area contributed by atoms with Gasteiger partial charge in [-0.15, -0.1) is 0 Å². The van der Waals surface area contributed by atoms with E-state index in [4.69, 9.17) is 10.5 Å². The van der Waals surface area contributed by atoms with Gasteiger partial charge in [-0.25, -0.2) is 4.98 Å². The predicted octanol–water partition coefficient (Wildman–Crippen LogP) is 3.17. The van der Waals surface area contributed by atoms with E-state index in [2.05, 4.69) is 9.97 Å². The monoisotopic (exact) mass is 309 g/mol. The zero-order valence-electron chi connectivity index (χ0n) is 11.9. The molecule has 0 aliphatic heterocycles. The third-order valence-electron chi connectivity index (χ3n) is 3.05. The van der Waals surface area contributed by atoms with Gasteiger partial charge in [-0.05, 0) is 12.1 Å². The van der Waals surface area contributed by atoms with Crippen LogP contribution in [0.1, 0.15) is 10.5 Å². The first-order chi connectivity index (χ1) is 11.1. The maximum absolute atomic E-state index is 14.4. The smallest absolute Gasteiger partial charge is 0.271 e. The normalized spacial score (nSPS) is 10.3. The molecule has 3 aromatic rings. The molecule has 0 spiro atoms. The Morgan fingerprint density at radius 1 is 0.957 bits per heavy atom. The van der Waals surface area contributed by atoms with Crippen LogP contribution in [0.15, 0.2) is 60.7 Å². The fourth-order valence-electron chi connectivity index (χ4n) is 2.00. The van der Waals surface area contributed by atoms with Gasteiger partial charge in [-0.2, -0.15) is 9.37 Å². The minimum Gasteiger partial charge on any atom is -0.450 e. The number of nitrogens with two attached hydrogens (primary N) is 1. The number of para-hydroxylation sites is 1. The van der Waals surface area contributed by atoms with Crippen molar-refractivity contribution in [2.45, 2.75) is 0 Å². The molecule has 0 aliphatic carbocycles. The molecule has 1 heterocycles. The highest BCUT2D eigenvalue weighted by molar-refractivity contribution is 5.94. The lowest BCUT2D eigenvalue weighted by atomic mass is 10.2. The lowest BCUT2D eigenvalue weighted by molar-refractivity contribution is 0.0992. The van der Waals surface area contributed by atoms with Crippen LogP contribution in [0, 0.1) is 5.95 Å². The maximum atomic E-state index is 14.4. The summed E-state index contributed by atoms with van der Waals surface area (Å²) in [4.78, 5) is 19.5. The van der Waals surface area contributed by atoms with Gasteiger partial charge in [0.2, 0.25) is 5.75 Å². The van der Waals surface area contributed by atoms with E-state index in [0.29, 0.717) is 11.3 Å². The van der Waals surface area contributed by atoms with E-state index < -0.39 is 11.9 Å². The van der Waals surface area contributed by atoms with Gasteiger partial charge in [0, 0.05) is 5.56 Å². The molecule has 2 aromatic carbocycles. The van der Waals surface area contributed by atoms with Crippen LogP contribution in [-0.2, 0) is 0 Å². The van der Waals surface area contributed by atoms with E-state index in [1.165, 1.54) is 0 Å². The fourth-order valence-corrected chi connectivity index (χ4v) is 2.00. The van der Waals surface area contributed by atoms with Gasteiger partial charge < -0.3 is 10.5 Å². The van der Waals surface area contributed by atoms with Crippen LogP contribution < -0.4 is 10.5 Å². The summed E-state index contributed by atoms with van der Waals surface area (Å²) in [6.07, 6.45) is 0. The Morgan fingerprint density at radius 3 is 2.17 bits per heavy atom. The predicted molar refractivity (Wildman–Crippen MR) is 82.5 cm³/mol.